The zero-order valence-corrected chi connectivity index (χ0v) is 9.92. The van der Waals surface area contributed by atoms with Crippen LogP contribution >= 0.6 is 0 Å². The van der Waals surface area contributed by atoms with Gasteiger partial charge in [-0.05, 0) is 18.9 Å². The van der Waals surface area contributed by atoms with E-state index in [2.05, 4.69) is 10.5 Å². The van der Waals surface area contributed by atoms with Gasteiger partial charge in [-0.1, -0.05) is 35.5 Å². The van der Waals surface area contributed by atoms with Crippen molar-refractivity contribution in [3.8, 4) is 0 Å². The molecule has 18 heavy (non-hydrogen) atoms. The molecule has 1 amide bonds. The third-order valence-corrected chi connectivity index (χ3v) is 2.91. The SMILES string of the molecule is C/C(=N/O)C1=C(O)C(Cc2ccccc2)NC1=O. The number of carbonyl (C=O) groups excluding carboxylic acids is 1. The molecule has 0 saturated carbocycles. The van der Waals surface area contributed by atoms with E-state index >= 15 is 0 Å². The molecule has 5 heteroatoms. The van der Waals surface area contributed by atoms with Crippen molar-refractivity contribution >= 4 is 11.6 Å². The van der Waals surface area contributed by atoms with Crippen LogP contribution in [0.15, 0.2) is 46.8 Å². The van der Waals surface area contributed by atoms with E-state index in [0.717, 1.165) is 5.56 Å². The summed E-state index contributed by atoms with van der Waals surface area (Å²) >= 11 is 0. The van der Waals surface area contributed by atoms with Crippen molar-refractivity contribution < 1.29 is 15.1 Å². The Hall–Kier alpha value is -2.30. The molecule has 2 rings (SSSR count). The van der Waals surface area contributed by atoms with E-state index in [1.807, 2.05) is 30.3 Å². The van der Waals surface area contributed by atoms with Crippen molar-refractivity contribution in [1.29, 1.82) is 0 Å². The highest BCUT2D eigenvalue weighted by Gasteiger charge is 2.33. The van der Waals surface area contributed by atoms with Crippen molar-refractivity contribution in [3.05, 3.63) is 47.2 Å². The van der Waals surface area contributed by atoms with Gasteiger partial charge in [0.2, 0.25) is 0 Å². The second-order valence-electron chi connectivity index (χ2n) is 4.16. The standard InChI is InChI=1S/C13H14N2O3/c1-8(15-18)11-12(16)10(14-13(11)17)7-9-5-3-2-4-6-9/h2-6,10,16,18H,7H2,1H3,(H,14,17)/b15-8-. The molecule has 5 nitrogen and oxygen atoms in total. The Balaban J connectivity index is 2.23. The number of rotatable bonds is 3. The number of carbonyl (C=O) groups is 1. The number of benzene rings is 1. The second-order valence-corrected chi connectivity index (χ2v) is 4.16. The molecule has 0 bridgehead atoms. The van der Waals surface area contributed by atoms with Gasteiger partial charge in [0.15, 0.2) is 0 Å². The first kappa shape index (κ1) is 12.2. The maximum Gasteiger partial charge on any atom is 0.257 e. The van der Waals surface area contributed by atoms with Crippen molar-refractivity contribution in [2.45, 2.75) is 19.4 Å². The summed E-state index contributed by atoms with van der Waals surface area (Å²) in [5, 5.41) is 24.3. The fourth-order valence-electron chi connectivity index (χ4n) is 1.99. The minimum absolute atomic E-state index is 0.0541. The van der Waals surface area contributed by atoms with Gasteiger partial charge in [0.25, 0.3) is 5.91 Å². The maximum absolute atomic E-state index is 11.7. The van der Waals surface area contributed by atoms with Crippen LogP contribution < -0.4 is 5.32 Å². The molecular formula is C13H14N2O3. The third-order valence-electron chi connectivity index (χ3n) is 2.91. The summed E-state index contributed by atoms with van der Waals surface area (Å²) in [4.78, 5) is 11.7. The van der Waals surface area contributed by atoms with Crippen molar-refractivity contribution in [1.82, 2.24) is 5.32 Å². The molecule has 1 atom stereocenters. The summed E-state index contributed by atoms with van der Waals surface area (Å²) in [7, 11) is 0. The molecule has 94 valence electrons. The zero-order chi connectivity index (χ0) is 13.1. The molecule has 0 aromatic heterocycles. The van der Waals surface area contributed by atoms with Gasteiger partial charge in [0, 0.05) is 0 Å². The molecule has 1 aromatic rings. The Bertz CT molecular complexity index is 520. The molecule has 0 radical (unpaired) electrons. The lowest BCUT2D eigenvalue weighted by molar-refractivity contribution is -0.116. The molecule has 3 N–H and O–H groups in total. The van der Waals surface area contributed by atoms with Crippen LogP contribution in [0.25, 0.3) is 0 Å². The lowest BCUT2D eigenvalue weighted by Gasteiger charge is -2.10. The maximum atomic E-state index is 11.7. The van der Waals surface area contributed by atoms with Gasteiger partial charge in [-0.25, -0.2) is 0 Å². The highest BCUT2D eigenvalue weighted by atomic mass is 16.4. The molecular weight excluding hydrogens is 232 g/mol. The van der Waals surface area contributed by atoms with Crippen LogP contribution in [0.4, 0.5) is 0 Å². The Kier molecular flexibility index (Phi) is 3.32. The zero-order valence-electron chi connectivity index (χ0n) is 9.92. The van der Waals surface area contributed by atoms with Crippen LogP contribution in [0.3, 0.4) is 0 Å². The molecule has 1 heterocycles. The van der Waals surface area contributed by atoms with Gasteiger partial charge in [0.1, 0.15) is 11.3 Å². The Morgan fingerprint density at radius 2 is 2.06 bits per heavy atom. The fraction of sp³-hybridized carbons (Fsp3) is 0.231. The summed E-state index contributed by atoms with van der Waals surface area (Å²) in [6.45, 7) is 1.47. The van der Waals surface area contributed by atoms with Gasteiger partial charge in [-0.15, -0.1) is 0 Å². The Morgan fingerprint density at radius 3 is 2.67 bits per heavy atom. The van der Waals surface area contributed by atoms with E-state index in [1.54, 1.807) is 0 Å². The van der Waals surface area contributed by atoms with Gasteiger partial charge in [-0.2, -0.15) is 0 Å². The first-order valence-electron chi connectivity index (χ1n) is 5.60. The number of aliphatic hydroxyl groups excluding tert-OH is 1. The summed E-state index contributed by atoms with van der Waals surface area (Å²) in [6.07, 6.45) is 0.501. The molecule has 1 aliphatic heterocycles. The van der Waals surface area contributed by atoms with E-state index in [1.165, 1.54) is 6.92 Å². The number of hydrogen-bond acceptors (Lipinski definition) is 4. The van der Waals surface area contributed by atoms with E-state index in [4.69, 9.17) is 5.21 Å². The number of hydrogen-bond donors (Lipinski definition) is 3. The van der Waals surface area contributed by atoms with Crippen LogP contribution in [0.2, 0.25) is 0 Å². The van der Waals surface area contributed by atoms with E-state index in [9.17, 15) is 9.90 Å². The van der Waals surface area contributed by atoms with Crippen LogP contribution in [0, 0.1) is 0 Å². The first-order valence-corrected chi connectivity index (χ1v) is 5.60. The van der Waals surface area contributed by atoms with Gasteiger partial charge in [0.05, 0.1) is 11.8 Å². The second kappa shape index (κ2) is 4.91. The quantitative estimate of drug-likeness (QED) is 0.428. The minimum atomic E-state index is -0.466. The molecule has 0 aliphatic carbocycles. The van der Waals surface area contributed by atoms with Crippen molar-refractivity contribution in [2.75, 3.05) is 0 Å². The topological polar surface area (TPSA) is 81.9 Å². The number of amides is 1. The number of oxime groups is 1. The number of nitrogens with one attached hydrogen (secondary N) is 1. The monoisotopic (exact) mass is 246 g/mol. The summed E-state index contributed by atoms with van der Waals surface area (Å²) in [6, 6.07) is 9.07. The van der Waals surface area contributed by atoms with Crippen LogP contribution in [0.1, 0.15) is 12.5 Å². The highest BCUT2D eigenvalue weighted by molar-refractivity contribution is 6.22. The summed E-state index contributed by atoms with van der Waals surface area (Å²) < 4.78 is 0. The molecule has 1 unspecified atom stereocenters. The van der Waals surface area contributed by atoms with Crippen LogP contribution in [-0.2, 0) is 11.2 Å². The normalized spacial score (nSPS) is 20.2. The predicted octanol–water partition coefficient (Wildman–Crippen LogP) is 1.39. The average molecular weight is 246 g/mol. The molecule has 0 saturated heterocycles. The van der Waals surface area contributed by atoms with E-state index < -0.39 is 11.9 Å². The first-order chi connectivity index (χ1) is 8.63. The lowest BCUT2D eigenvalue weighted by Crippen LogP contribution is -2.31. The number of nitrogens with zero attached hydrogens (tertiary/aromatic N) is 1. The van der Waals surface area contributed by atoms with Gasteiger partial charge < -0.3 is 15.6 Å². The molecule has 1 aromatic carbocycles. The molecule has 0 spiro atoms. The lowest BCUT2D eigenvalue weighted by atomic mass is 10.0. The number of aliphatic hydroxyl groups is 1. The van der Waals surface area contributed by atoms with Crippen molar-refractivity contribution in [2.24, 2.45) is 5.16 Å². The van der Waals surface area contributed by atoms with Crippen molar-refractivity contribution in [3.63, 3.8) is 0 Å². The average Bonchev–Trinajstić information content (AvgIpc) is 2.65. The summed E-state index contributed by atoms with van der Waals surface area (Å²) in [5.74, 6) is -0.483. The third kappa shape index (κ3) is 2.20. The van der Waals surface area contributed by atoms with Crippen LogP contribution in [-0.4, -0.2) is 28.0 Å². The Morgan fingerprint density at radius 1 is 1.39 bits per heavy atom. The fourth-order valence-corrected chi connectivity index (χ4v) is 1.99. The predicted molar refractivity (Wildman–Crippen MR) is 66.6 cm³/mol. The van der Waals surface area contributed by atoms with E-state index in [0.29, 0.717) is 6.42 Å². The smallest absolute Gasteiger partial charge is 0.257 e. The van der Waals surface area contributed by atoms with Crippen LogP contribution in [0.5, 0.6) is 0 Å². The Labute approximate surface area is 104 Å². The van der Waals surface area contributed by atoms with E-state index in [-0.39, 0.29) is 17.0 Å². The largest absolute Gasteiger partial charge is 0.509 e. The van der Waals surface area contributed by atoms with Gasteiger partial charge in [-0.3, -0.25) is 4.79 Å². The molecule has 1 aliphatic rings. The van der Waals surface area contributed by atoms with Gasteiger partial charge >= 0.3 is 0 Å². The highest BCUT2D eigenvalue weighted by Crippen LogP contribution is 2.19. The minimum Gasteiger partial charge on any atom is -0.509 e. The summed E-state index contributed by atoms with van der Waals surface area (Å²) in [5.41, 5.74) is 1.17. The molecule has 0 fully saturated rings.